The Morgan fingerprint density at radius 1 is 1.04 bits per heavy atom. The Morgan fingerprint density at radius 2 is 1.84 bits per heavy atom. The Balaban J connectivity index is 1.79. The monoisotopic (exact) mass is 338 g/mol. The molecule has 4 rings (SSSR count). The molecule has 0 aliphatic carbocycles. The first-order valence-electron chi connectivity index (χ1n) is 7.76. The maximum Gasteiger partial charge on any atom is 0.308 e. The minimum atomic E-state index is -0.436. The summed E-state index contributed by atoms with van der Waals surface area (Å²) >= 11 is 0. The first kappa shape index (κ1) is 15.3. The summed E-state index contributed by atoms with van der Waals surface area (Å²) in [5.41, 5.74) is 1.28. The number of carbonyl (C=O) groups excluding carboxylic acids is 1. The average Bonchev–Trinajstić information content (AvgIpc) is 2.61. The highest BCUT2D eigenvalue weighted by atomic mass is 16.6. The number of carbonyl (C=O) groups is 1. The molecule has 6 heteroatoms. The highest BCUT2D eigenvalue weighted by Crippen LogP contribution is 2.34. The van der Waals surface area contributed by atoms with Gasteiger partial charge in [0.2, 0.25) is 0 Å². The van der Waals surface area contributed by atoms with Crippen molar-refractivity contribution in [2.45, 2.75) is 6.92 Å². The molecule has 126 valence electrons. The second-order valence-electron chi connectivity index (χ2n) is 5.59. The van der Waals surface area contributed by atoms with E-state index < -0.39 is 5.97 Å². The minimum absolute atomic E-state index is 0.174. The third kappa shape index (κ3) is 2.82. The molecule has 1 aromatic heterocycles. The number of rotatable bonds is 2. The molecule has 2 aromatic carbocycles. The Hall–Kier alpha value is -3.28. The molecule has 0 amide bonds. The van der Waals surface area contributed by atoms with Crippen LogP contribution in [0.3, 0.4) is 0 Å². The molecule has 25 heavy (non-hydrogen) atoms. The van der Waals surface area contributed by atoms with E-state index in [0.29, 0.717) is 52.6 Å². The molecule has 6 nitrogen and oxygen atoms in total. The first-order valence-corrected chi connectivity index (χ1v) is 7.76. The summed E-state index contributed by atoms with van der Waals surface area (Å²) in [4.78, 5) is 23.8. The van der Waals surface area contributed by atoms with Gasteiger partial charge in [-0.15, -0.1) is 0 Å². The van der Waals surface area contributed by atoms with Crippen molar-refractivity contribution < 1.29 is 23.4 Å². The number of hydrogen-bond donors (Lipinski definition) is 0. The fraction of sp³-hybridized carbons (Fsp3) is 0.158. The molecule has 1 aliphatic heterocycles. The number of hydrogen-bond acceptors (Lipinski definition) is 6. The molecule has 0 N–H and O–H groups in total. The molecule has 0 bridgehead atoms. The van der Waals surface area contributed by atoms with E-state index in [2.05, 4.69) is 0 Å². The van der Waals surface area contributed by atoms with Crippen molar-refractivity contribution in [3.8, 4) is 28.4 Å². The number of ether oxygens (including phenoxy) is 3. The van der Waals surface area contributed by atoms with Gasteiger partial charge in [0.15, 0.2) is 16.9 Å². The van der Waals surface area contributed by atoms with Crippen molar-refractivity contribution in [1.29, 1.82) is 0 Å². The molecule has 0 fully saturated rings. The van der Waals surface area contributed by atoms with Gasteiger partial charge in [-0.25, -0.2) is 0 Å². The van der Waals surface area contributed by atoms with Crippen molar-refractivity contribution in [3.63, 3.8) is 0 Å². The van der Waals surface area contributed by atoms with E-state index in [-0.39, 0.29) is 5.43 Å². The van der Waals surface area contributed by atoms with Gasteiger partial charge in [0.25, 0.3) is 0 Å². The zero-order valence-corrected chi connectivity index (χ0v) is 13.4. The number of benzene rings is 2. The van der Waals surface area contributed by atoms with E-state index in [1.165, 1.54) is 19.3 Å². The van der Waals surface area contributed by atoms with Gasteiger partial charge in [-0.2, -0.15) is 0 Å². The smallest absolute Gasteiger partial charge is 0.308 e. The minimum Gasteiger partial charge on any atom is -0.486 e. The second kappa shape index (κ2) is 5.98. The summed E-state index contributed by atoms with van der Waals surface area (Å²) in [7, 11) is 0. The largest absolute Gasteiger partial charge is 0.486 e. The molecule has 0 radical (unpaired) electrons. The van der Waals surface area contributed by atoms with Gasteiger partial charge in [-0.1, -0.05) is 6.07 Å². The van der Waals surface area contributed by atoms with Crippen LogP contribution < -0.4 is 19.6 Å². The van der Waals surface area contributed by atoms with Crippen molar-refractivity contribution in [2.75, 3.05) is 13.2 Å². The van der Waals surface area contributed by atoms with Crippen molar-refractivity contribution >= 4 is 16.9 Å². The Bertz CT molecular complexity index is 1030. The molecular weight excluding hydrogens is 324 g/mol. The van der Waals surface area contributed by atoms with Gasteiger partial charge in [-0.3, -0.25) is 9.59 Å². The summed E-state index contributed by atoms with van der Waals surface area (Å²) in [6.45, 7) is 2.29. The zero-order chi connectivity index (χ0) is 17.4. The van der Waals surface area contributed by atoms with E-state index in [0.717, 1.165) is 0 Å². The zero-order valence-electron chi connectivity index (χ0n) is 13.4. The standard InChI is InChI=1S/C19H14O6/c1-11(20)25-13-3-4-14-17(9-13)24-10-15(19(14)21)12-2-5-16-18(8-12)23-7-6-22-16/h2-5,8-10H,6-7H2,1H3. The third-order valence-electron chi connectivity index (χ3n) is 3.86. The van der Waals surface area contributed by atoms with Crippen LogP contribution in [0.4, 0.5) is 0 Å². The van der Waals surface area contributed by atoms with Crippen molar-refractivity contribution in [2.24, 2.45) is 0 Å². The lowest BCUT2D eigenvalue weighted by molar-refractivity contribution is -0.131. The Labute approximate surface area is 142 Å². The molecule has 0 atom stereocenters. The van der Waals surface area contributed by atoms with Crippen LogP contribution in [0.5, 0.6) is 17.2 Å². The molecule has 0 saturated heterocycles. The van der Waals surface area contributed by atoms with Crippen molar-refractivity contribution in [3.05, 3.63) is 52.9 Å². The molecule has 0 spiro atoms. The second-order valence-corrected chi connectivity index (χ2v) is 5.59. The summed E-state index contributed by atoms with van der Waals surface area (Å²) in [5.74, 6) is 1.16. The summed E-state index contributed by atoms with van der Waals surface area (Å²) in [5, 5.41) is 0.406. The lowest BCUT2D eigenvalue weighted by Gasteiger charge is -2.18. The molecular formula is C19H14O6. The van der Waals surface area contributed by atoms with Gasteiger partial charge in [-0.05, 0) is 29.8 Å². The molecule has 0 saturated carbocycles. The third-order valence-corrected chi connectivity index (χ3v) is 3.86. The quantitative estimate of drug-likeness (QED) is 0.528. The maximum atomic E-state index is 12.8. The number of fused-ring (bicyclic) bond motifs is 2. The van der Waals surface area contributed by atoms with Crippen LogP contribution in [-0.2, 0) is 4.79 Å². The number of esters is 1. The summed E-state index contributed by atoms with van der Waals surface area (Å²) in [6, 6.07) is 10.00. The molecule has 3 aromatic rings. The van der Waals surface area contributed by atoms with Crippen LogP contribution in [0.15, 0.2) is 51.9 Å². The van der Waals surface area contributed by atoms with Gasteiger partial charge < -0.3 is 18.6 Å². The van der Waals surface area contributed by atoms with E-state index in [4.69, 9.17) is 18.6 Å². The topological polar surface area (TPSA) is 75.0 Å². The SMILES string of the molecule is CC(=O)Oc1ccc2c(=O)c(-c3ccc4c(c3)OCCO4)coc2c1. The van der Waals surface area contributed by atoms with Crippen LogP contribution in [-0.4, -0.2) is 19.2 Å². The average molecular weight is 338 g/mol. The van der Waals surface area contributed by atoms with Crippen LogP contribution in [0.25, 0.3) is 22.1 Å². The van der Waals surface area contributed by atoms with Crippen LogP contribution in [0, 0.1) is 0 Å². The summed E-state index contributed by atoms with van der Waals surface area (Å²) in [6.07, 6.45) is 1.40. The van der Waals surface area contributed by atoms with E-state index in [1.807, 2.05) is 0 Å². The van der Waals surface area contributed by atoms with Gasteiger partial charge in [0.05, 0.1) is 10.9 Å². The highest BCUT2D eigenvalue weighted by Gasteiger charge is 2.15. The lowest BCUT2D eigenvalue weighted by atomic mass is 10.0. The van der Waals surface area contributed by atoms with Crippen molar-refractivity contribution in [1.82, 2.24) is 0 Å². The van der Waals surface area contributed by atoms with Crippen LogP contribution >= 0.6 is 0 Å². The summed E-state index contributed by atoms with van der Waals surface area (Å²) < 4.78 is 21.6. The van der Waals surface area contributed by atoms with E-state index in [9.17, 15) is 9.59 Å². The maximum absolute atomic E-state index is 12.8. The van der Waals surface area contributed by atoms with Gasteiger partial charge >= 0.3 is 5.97 Å². The van der Waals surface area contributed by atoms with E-state index >= 15 is 0 Å². The van der Waals surface area contributed by atoms with E-state index in [1.54, 1.807) is 30.3 Å². The Kier molecular flexibility index (Phi) is 3.65. The van der Waals surface area contributed by atoms with Crippen LogP contribution in [0.1, 0.15) is 6.92 Å². The predicted octanol–water partition coefficient (Wildman–Crippen LogP) is 3.16. The first-order chi connectivity index (χ1) is 12.1. The molecule has 2 heterocycles. The van der Waals surface area contributed by atoms with Gasteiger partial charge in [0, 0.05) is 13.0 Å². The van der Waals surface area contributed by atoms with Gasteiger partial charge in [0.1, 0.15) is 30.8 Å². The fourth-order valence-electron chi connectivity index (χ4n) is 2.75. The molecule has 0 unspecified atom stereocenters. The normalized spacial score (nSPS) is 12.8. The highest BCUT2D eigenvalue weighted by molar-refractivity contribution is 5.83. The fourth-order valence-corrected chi connectivity index (χ4v) is 2.75. The lowest BCUT2D eigenvalue weighted by Crippen LogP contribution is -2.15. The predicted molar refractivity (Wildman–Crippen MR) is 90.2 cm³/mol. The Morgan fingerprint density at radius 3 is 2.64 bits per heavy atom. The van der Waals surface area contributed by atoms with Crippen LogP contribution in [0.2, 0.25) is 0 Å². The molecule has 1 aliphatic rings.